The number of rotatable bonds is 5. The number of fused-ring (bicyclic) bond motifs is 1. The lowest BCUT2D eigenvalue weighted by Crippen LogP contribution is -2.44. The molecular formula is C25H26N4O3S. The number of nitrogens with zero attached hydrogens (tertiary/aromatic N) is 3. The highest BCUT2D eigenvalue weighted by atomic mass is 32.1. The molecule has 7 nitrogen and oxygen atoms in total. The van der Waals surface area contributed by atoms with Crippen LogP contribution in [0, 0.1) is 0 Å². The fourth-order valence-corrected chi connectivity index (χ4v) is 5.65. The van der Waals surface area contributed by atoms with Crippen LogP contribution in [0.25, 0.3) is 10.2 Å². The Kier molecular flexibility index (Phi) is 6.09. The summed E-state index contributed by atoms with van der Waals surface area (Å²) < 4.78 is 1.17. The molecule has 2 aliphatic heterocycles. The molecular weight excluding hydrogens is 436 g/mol. The number of benzene rings is 2. The Bertz CT molecular complexity index is 1160. The quantitative estimate of drug-likeness (QED) is 0.629. The van der Waals surface area contributed by atoms with E-state index in [1.54, 1.807) is 40.5 Å². The molecule has 0 aliphatic carbocycles. The van der Waals surface area contributed by atoms with Gasteiger partial charge in [0.2, 0.25) is 11.8 Å². The van der Waals surface area contributed by atoms with Gasteiger partial charge >= 0.3 is 0 Å². The lowest BCUT2D eigenvalue weighted by molar-refractivity contribution is -0.131. The van der Waals surface area contributed by atoms with Gasteiger partial charge in [0, 0.05) is 43.2 Å². The van der Waals surface area contributed by atoms with Gasteiger partial charge in [-0.15, -0.1) is 11.3 Å². The average molecular weight is 463 g/mol. The number of amides is 3. The molecule has 0 radical (unpaired) electrons. The molecule has 2 fully saturated rings. The number of piperidine rings is 1. The summed E-state index contributed by atoms with van der Waals surface area (Å²) >= 11 is 1.70. The van der Waals surface area contributed by atoms with Crippen molar-refractivity contribution < 1.29 is 14.4 Å². The predicted octanol–water partition coefficient (Wildman–Crippen LogP) is 3.56. The molecule has 33 heavy (non-hydrogen) atoms. The van der Waals surface area contributed by atoms with Crippen LogP contribution in [0.2, 0.25) is 0 Å². The first-order chi connectivity index (χ1) is 16.1. The second-order valence-corrected chi connectivity index (χ2v) is 9.64. The molecule has 2 aromatic carbocycles. The van der Waals surface area contributed by atoms with Gasteiger partial charge in [0.1, 0.15) is 0 Å². The van der Waals surface area contributed by atoms with E-state index in [0.29, 0.717) is 31.6 Å². The third-order valence-corrected chi connectivity index (χ3v) is 7.55. The van der Waals surface area contributed by atoms with E-state index in [0.717, 1.165) is 35.5 Å². The topological polar surface area (TPSA) is 82.6 Å². The number of hydrogen-bond donors (Lipinski definition) is 1. The van der Waals surface area contributed by atoms with Gasteiger partial charge in [-0.05, 0) is 55.7 Å². The van der Waals surface area contributed by atoms with Gasteiger partial charge in [-0.2, -0.15) is 0 Å². The number of para-hydroxylation sites is 1. The van der Waals surface area contributed by atoms with Crippen LogP contribution in [0.1, 0.15) is 47.0 Å². The number of carbonyl (C=O) groups excluding carboxylic acids is 3. The summed E-state index contributed by atoms with van der Waals surface area (Å²) in [5.74, 6) is -0.0176. The molecule has 2 aliphatic rings. The molecule has 170 valence electrons. The monoisotopic (exact) mass is 462 g/mol. The maximum atomic E-state index is 12.8. The maximum Gasteiger partial charge on any atom is 0.251 e. The SMILES string of the molecule is O=C(NCC(=O)N1CCC[C@H](c2nc3ccccc3s2)C1)c1ccc(N2CCCC2=O)cc1. The number of carbonyl (C=O) groups is 3. The largest absolute Gasteiger partial charge is 0.343 e. The molecule has 3 amide bonds. The summed E-state index contributed by atoms with van der Waals surface area (Å²) in [7, 11) is 0. The smallest absolute Gasteiger partial charge is 0.251 e. The molecule has 8 heteroatoms. The lowest BCUT2D eigenvalue weighted by Gasteiger charge is -2.32. The van der Waals surface area contributed by atoms with Crippen molar-refractivity contribution in [2.24, 2.45) is 0 Å². The zero-order valence-corrected chi connectivity index (χ0v) is 19.1. The highest BCUT2D eigenvalue weighted by Gasteiger charge is 2.27. The van der Waals surface area contributed by atoms with E-state index in [1.165, 1.54) is 4.70 Å². The third kappa shape index (κ3) is 4.61. The highest BCUT2D eigenvalue weighted by molar-refractivity contribution is 7.18. The number of hydrogen-bond acceptors (Lipinski definition) is 5. The van der Waals surface area contributed by atoms with Crippen LogP contribution in [0.5, 0.6) is 0 Å². The van der Waals surface area contributed by atoms with Gasteiger partial charge in [0.25, 0.3) is 5.91 Å². The second kappa shape index (κ2) is 9.31. The van der Waals surface area contributed by atoms with Crippen LogP contribution < -0.4 is 10.2 Å². The molecule has 3 aromatic rings. The van der Waals surface area contributed by atoms with Crippen molar-refractivity contribution in [1.29, 1.82) is 0 Å². The molecule has 1 aromatic heterocycles. The Balaban J connectivity index is 1.16. The Morgan fingerprint density at radius 1 is 1.06 bits per heavy atom. The van der Waals surface area contributed by atoms with Crippen molar-refractivity contribution >= 4 is 45.0 Å². The maximum absolute atomic E-state index is 12.8. The molecule has 5 rings (SSSR count). The summed E-state index contributed by atoms with van der Waals surface area (Å²) in [5, 5.41) is 3.82. The molecule has 0 saturated carbocycles. The van der Waals surface area contributed by atoms with Crippen molar-refractivity contribution in [3.63, 3.8) is 0 Å². The van der Waals surface area contributed by atoms with E-state index in [9.17, 15) is 14.4 Å². The first kappa shape index (κ1) is 21.6. The van der Waals surface area contributed by atoms with E-state index in [1.807, 2.05) is 23.1 Å². The summed E-state index contributed by atoms with van der Waals surface area (Å²) in [6, 6.07) is 15.1. The van der Waals surface area contributed by atoms with Crippen LogP contribution in [0.3, 0.4) is 0 Å². The Morgan fingerprint density at radius 3 is 2.64 bits per heavy atom. The van der Waals surface area contributed by atoms with E-state index < -0.39 is 0 Å². The van der Waals surface area contributed by atoms with Crippen molar-refractivity contribution in [3.05, 3.63) is 59.1 Å². The fraction of sp³-hybridized carbons (Fsp3) is 0.360. The zero-order chi connectivity index (χ0) is 22.8. The molecule has 0 bridgehead atoms. The fourth-order valence-electron chi connectivity index (χ4n) is 4.55. The Morgan fingerprint density at radius 2 is 1.88 bits per heavy atom. The van der Waals surface area contributed by atoms with E-state index in [-0.39, 0.29) is 30.2 Å². The number of thiazole rings is 1. The Labute approximate surface area is 196 Å². The lowest BCUT2D eigenvalue weighted by atomic mass is 9.98. The van der Waals surface area contributed by atoms with Gasteiger partial charge in [0.05, 0.1) is 21.8 Å². The van der Waals surface area contributed by atoms with Crippen LogP contribution >= 0.6 is 11.3 Å². The highest BCUT2D eigenvalue weighted by Crippen LogP contribution is 2.33. The standard InChI is InChI=1S/C25H26N4O3S/c30-22-8-4-14-29(22)19-11-9-17(10-12-19)24(32)26-15-23(31)28-13-3-5-18(16-28)25-27-20-6-1-2-7-21(20)33-25/h1-2,6-7,9-12,18H,3-5,8,13-16H2,(H,26,32)/t18-/m0/s1. The van der Waals surface area contributed by atoms with Crippen molar-refractivity contribution in [1.82, 2.24) is 15.2 Å². The number of anilines is 1. The van der Waals surface area contributed by atoms with E-state index >= 15 is 0 Å². The minimum atomic E-state index is -0.289. The molecule has 3 heterocycles. The van der Waals surface area contributed by atoms with Crippen LogP contribution in [0.15, 0.2) is 48.5 Å². The first-order valence-electron chi connectivity index (χ1n) is 11.4. The number of aromatic nitrogens is 1. The zero-order valence-electron chi connectivity index (χ0n) is 18.3. The minimum Gasteiger partial charge on any atom is -0.343 e. The normalized spacial score (nSPS) is 18.7. The second-order valence-electron chi connectivity index (χ2n) is 8.58. The summed E-state index contributed by atoms with van der Waals surface area (Å²) in [4.78, 5) is 45.6. The molecule has 2 saturated heterocycles. The van der Waals surface area contributed by atoms with Crippen molar-refractivity contribution in [2.45, 2.75) is 31.6 Å². The predicted molar refractivity (Wildman–Crippen MR) is 129 cm³/mol. The van der Waals surface area contributed by atoms with Gasteiger partial charge in [-0.3, -0.25) is 14.4 Å². The average Bonchev–Trinajstić information content (AvgIpc) is 3.48. The molecule has 1 atom stereocenters. The van der Waals surface area contributed by atoms with E-state index in [4.69, 9.17) is 4.98 Å². The number of likely N-dealkylation sites (tertiary alicyclic amines) is 1. The summed E-state index contributed by atoms with van der Waals surface area (Å²) in [6.45, 7) is 2.02. The summed E-state index contributed by atoms with van der Waals surface area (Å²) in [5.41, 5.74) is 2.29. The first-order valence-corrected chi connectivity index (χ1v) is 12.2. The summed E-state index contributed by atoms with van der Waals surface area (Å²) in [6.07, 6.45) is 3.37. The molecule has 0 unspecified atom stereocenters. The van der Waals surface area contributed by atoms with Gasteiger partial charge in [-0.1, -0.05) is 12.1 Å². The Hall–Kier alpha value is -3.26. The van der Waals surface area contributed by atoms with Crippen molar-refractivity contribution in [3.8, 4) is 0 Å². The van der Waals surface area contributed by atoms with Crippen LogP contribution in [-0.4, -0.2) is 53.8 Å². The third-order valence-electron chi connectivity index (χ3n) is 6.35. The minimum absolute atomic E-state index is 0.0300. The van der Waals surface area contributed by atoms with Crippen molar-refractivity contribution in [2.75, 3.05) is 31.1 Å². The van der Waals surface area contributed by atoms with Gasteiger partial charge < -0.3 is 15.1 Å². The molecule has 1 N–H and O–H groups in total. The van der Waals surface area contributed by atoms with E-state index in [2.05, 4.69) is 11.4 Å². The molecule has 0 spiro atoms. The van der Waals surface area contributed by atoms with Crippen LogP contribution in [0.4, 0.5) is 5.69 Å². The number of nitrogens with one attached hydrogen (secondary N) is 1. The van der Waals surface area contributed by atoms with Crippen LogP contribution in [-0.2, 0) is 9.59 Å². The van der Waals surface area contributed by atoms with Gasteiger partial charge in [-0.25, -0.2) is 4.98 Å². The van der Waals surface area contributed by atoms with Gasteiger partial charge in [0.15, 0.2) is 0 Å².